The number of aliphatic hydroxyl groups is 1. The summed E-state index contributed by atoms with van der Waals surface area (Å²) in [6.07, 6.45) is 0.551. The van der Waals surface area contributed by atoms with Crippen LogP contribution in [0.3, 0.4) is 0 Å². The summed E-state index contributed by atoms with van der Waals surface area (Å²) in [5.74, 6) is 1.39. The van der Waals surface area contributed by atoms with Crippen LogP contribution in [0.1, 0.15) is 6.42 Å². The van der Waals surface area contributed by atoms with Crippen LogP contribution in [-0.4, -0.2) is 18.3 Å². The SMILES string of the molecule is OCCCOP(Oc1ccccc1)Oc1ccccc1. The predicted molar refractivity (Wildman–Crippen MR) is 78.7 cm³/mol. The van der Waals surface area contributed by atoms with Crippen molar-refractivity contribution in [3.63, 3.8) is 0 Å². The minimum atomic E-state index is -1.54. The minimum absolute atomic E-state index is 0.0832. The molecular formula is C15H17O4P. The van der Waals surface area contributed by atoms with E-state index in [-0.39, 0.29) is 6.61 Å². The Morgan fingerprint density at radius 1 is 0.800 bits per heavy atom. The summed E-state index contributed by atoms with van der Waals surface area (Å²) < 4.78 is 17.0. The summed E-state index contributed by atoms with van der Waals surface area (Å²) in [7, 11) is -1.54. The largest absolute Gasteiger partial charge is 0.463 e. The van der Waals surface area contributed by atoms with Gasteiger partial charge in [-0.3, -0.25) is 4.52 Å². The average molecular weight is 292 g/mol. The van der Waals surface area contributed by atoms with Crippen molar-refractivity contribution in [1.29, 1.82) is 0 Å². The molecule has 0 radical (unpaired) electrons. The third kappa shape index (κ3) is 5.17. The molecule has 0 atom stereocenters. The van der Waals surface area contributed by atoms with Crippen molar-refractivity contribution < 1.29 is 18.7 Å². The molecule has 0 amide bonds. The van der Waals surface area contributed by atoms with Gasteiger partial charge in [0.2, 0.25) is 0 Å². The van der Waals surface area contributed by atoms with Gasteiger partial charge in [0.05, 0.1) is 6.61 Å². The van der Waals surface area contributed by atoms with Crippen LogP contribution in [0.15, 0.2) is 60.7 Å². The van der Waals surface area contributed by atoms with Crippen molar-refractivity contribution in [3.05, 3.63) is 60.7 Å². The van der Waals surface area contributed by atoms with Crippen LogP contribution in [0.4, 0.5) is 0 Å². The molecular weight excluding hydrogens is 275 g/mol. The zero-order valence-corrected chi connectivity index (χ0v) is 11.9. The van der Waals surface area contributed by atoms with Gasteiger partial charge in [0, 0.05) is 6.61 Å². The van der Waals surface area contributed by atoms with Crippen molar-refractivity contribution in [3.8, 4) is 11.5 Å². The smallest absolute Gasteiger partial charge is 0.418 e. The Morgan fingerprint density at radius 2 is 1.30 bits per heavy atom. The zero-order chi connectivity index (χ0) is 14.0. The van der Waals surface area contributed by atoms with Gasteiger partial charge >= 0.3 is 8.60 Å². The lowest BCUT2D eigenvalue weighted by Gasteiger charge is -2.17. The highest BCUT2D eigenvalue weighted by Gasteiger charge is 2.16. The lowest BCUT2D eigenvalue weighted by Crippen LogP contribution is -2.02. The number of benzene rings is 2. The van der Waals surface area contributed by atoms with Crippen LogP contribution in [0.2, 0.25) is 0 Å². The monoisotopic (exact) mass is 292 g/mol. The van der Waals surface area contributed by atoms with Crippen LogP contribution in [0.25, 0.3) is 0 Å². The lowest BCUT2D eigenvalue weighted by atomic mass is 10.3. The summed E-state index contributed by atoms with van der Waals surface area (Å²) in [5.41, 5.74) is 0. The Morgan fingerprint density at radius 3 is 1.75 bits per heavy atom. The molecule has 2 aromatic rings. The van der Waals surface area contributed by atoms with E-state index in [1.807, 2.05) is 60.7 Å². The van der Waals surface area contributed by atoms with Crippen molar-refractivity contribution in [2.24, 2.45) is 0 Å². The molecule has 0 saturated heterocycles. The number of rotatable bonds is 8. The number of hydrogen-bond donors (Lipinski definition) is 1. The number of hydrogen-bond acceptors (Lipinski definition) is 4. The molecule has 0 aliphatic heterocycles. The van der Waals surface area contributed by atoms with Crippen molar-refractivity contribution in [1.82, 2.24) is 0 Å². The molecule has 20 heavy (non-hydrogen) atoms. The molecule has 0 aliphatic carbocycles. The van der Waals surface area contributed by atoms with Gasteiger partial charge in [0.25, 0.3) is 0 Å². The van der Waals surface area contributed by atoms with Gasteiger partial charge in [0.1, 0.15) is 11.5 Å². The molecule has 5 heteroatoms. The molecule has 1 N–H and O–H groups in total. The van der Waals surface area contributed by atoms with Crippen LogP contribution in [0.5, 0.6) is 11.5 Å². The summed E-state index contributed by atoms with van der Waals surface area (Å²) in [6, 6.07) is 18.8. The van der Waals surface area contributed by atoms with E-state index in [0.29, 0.717) is 24.5 Å². The highest BCUT2D eigenvalue weighted by molar-refractivity contribution is 7.42. The van der Waals surface area contributed by atoms with E-state index in [1.165, 1.54) is 0 Å². The second-order valence-corrected chi connectivity index (χ2v) is 5.01. The maximum Gasteiger partial charge on any atom is 0.463 e. The van der Waals surface area contributed by atoms with E-state index in [9.17, 15) is 0 Å². The maximum absolute atomic E-state index is 8.80. The summed E-state index contributed by atoms with van der Waals surface area (Å²) in [6.45, 7) is 0.474. The van der Waals surface area contributed by atoms with Crippen LogP contribution in [0, 0.1) is 0 Å². The number of para-hydroxylation sites is 2. The van der Waals surface area contributed by atoms with E-state index in [0.717, 1.165) is 0 Å². The highest BCUT2D eigenvalue weighted by atomic mass is 31.2. The molecule has 2 rings (SSSR count). The zero-order valence-electron chi connectivity index (χ0n) is 11.0. The Kier molecular flexibility index (Phi) is 6.32. The van der Waals surface area contributed by atoms with Crippen LogP contribution < -0.4 is 9.05 Å². The molecule has 0 aromatic heterocycles. The molecule has 4 nitrogen and oxygen atoms in total. The van der Waals surface area contributed by atoms with Gasteiger partial charge in [-0.05, 0) is 30.7 Å². The Labute approximate surface area is 119 Å². The second kappa shape index (κ2) is 8.54. The molecule has 0 spiro atoms. The fourth-order valence-electron chi connectivity index (χ4n) is 1.41. The van der Waals surface area contributed by atoms with Gasteiger partial charge in [-0.1, -0.05) is 36.4 Å². The average Bonchev–Trinajstić information content (AvgIpc) is 2.49. The third-order valence-corrected chi connectivity index (χ3v) is 3.46. The Bertz CT molecular complexity index is 436. The first kappa shape index (κ1) is 14.8. The molecule has 0 unspecified atom stereocenters. The Hall–Kier alpha value is -1.61. The molecule has 0 aliphatic rings. The first-order valence-corrected chi connectivity index (χ1v) is 7.48. The van der Waals surface area contributed by atoms with Crippen molar-refractivity contribution in [2.45, 2.75) is 6.42 Å². The van der Waals surface area contributed by atoms with Crippen molar-refractivity contribution >= 4 is 8.60 Å². The lowest BCUT2D eigenvalue weighted by molar-refractivity contribution is 0.217. The van der Waals surface area contributed by atoms with Crippen LogP contribution in [-0.2, 0) is 4.52 Å². The van der Waals surface area contributed by atoms with E-state index >= 15 is 0 Å². The quantitative estimate of drug-likeness (QED) is 0.594. The van der Waals surface area contributed by atoms with Gasteiger partial charge in [-0.2, -0.15) is 0 Å². The molecule has 0 bridgehead atoms. The fourth-order valence-corrected chi connectivity index (χ4v) is 2.42. The molecule has 106 valence electrons. The van der Waals surface area contributed by atoms with E-state index in [2.05, 4.69) is 0 Å². The summed E-state index contributed by atoms with van der Waals surface area (Å²) in [4.78, 5) is 0. The minimum Gasteiger partial charge on any atom is -0.418 e. The van der Waals surface area contributed by atoms with Gasteiger partial charge in [-0.15, -0.1) is 0 Å². The van der Waals surface area contributed by atoms with Gasteiger partial charge < -0.3 is 14.2 Å². The normalized spacial score (nSPS) is 10.5. The summed E-state index contributed by atoms with van der Waals surface area (Å²) >= 11 is 0. The van der Waals surface area contributed by atoms with Crippen molar-refractivity contribution in [2.75, 3.05) is 13.2 Å². The first-order chi connectivity index (χ1) is 9.88. The fraction of sp³-hybridized carbons (Fsp3) is 0.200. The number of aliphatic hydroxyl groups excluding tert-OH is 1. The maximum atomic E-state index is 8.80. The summed E-state index contributed by atoms with van der Waals surface area (Å²) in [5, 5.41) is 8.80. The molecule has 2 aromatic carbocycles. The second-order valence-electron chi connectivity index (χ2n) is 3.94. The first-order valence-electron chi connectivity index (χ1n) is 6.38. The van der Waals surface area contributed by atoms with E-state index < -0.39 is 8.60 Å². The standard InChI is InChI=1S/C15H17O4P/c16-12-7-13-17-20(18-14-8-3-1-4-9-14)19-15-10-5-2-6-11-15/h1-6,8-11,16H,7,12-13H2. The molecule has 0 saturated carbocycles. The Balaban J connectivity index is 1.96. The predicted octanol–water partition coefficient (Wildman–Crippen LogP) is 3.77. The highest BCUT2D eigenvalue weighted by Crippen LogP contribution is 2.41. The molecule has 0 fully saturated rings. The van der Waals surface area contributed by atoms with Gasteiger partial charge in [0.15, 0.2) is 0 Å². The third-order valence-electron chi connectivity index (χ3n) is 2.35. The van der Waals surface area contributed by atoms with E-state index in [1.54, 1.807) is 0 Å². The van der Waals surface area contributed by atoms with Gasteiger partial charge in [-0.25, -0.2) is 0 Å². The van der Waals surface area contributed by atoms with E-state index in [4.69, 9.17) is 18.7 Å². The topological polar surface area (TPSA) is 47.9 Å². The van der Waals surface area contributed by atoms with Crippen LogP contribution >= 0.6 is 8.60 Å². The molecule has 0 heterocycles.